The molecule has 212 valence electrons. The molecule has 8 heteroatoms. The van der Waals surface area contributed by atoms with Crippen LogP contribution in [0.25, 0.3) is 26.3 Å². The van der Waals surface area contributed by atoms with E-state index < -0.39 is 11.9 Å². The smallest absolute Gasteiger partial charge is 0.357 e. The van der Waals surface area contributed by atoms with Gasteiger partial charge in [0.1, 0.15) is 0 Å². The van der Waals surface area contributed by atoms with Gasteiger partial charge >= 0.3 is 5.97 Å². The van der Waals surface area contributed by atoms with E-state index in [1.54, 1.807) is 41.7 Å². The van der Waals surface area contributed by atoms with Crippen LogP contribution < -0.4 is 9.91 Å². The number of amides is 1. The molecule has 3 aromatic carbocycles. The molecule has 43 heavy (non-hydrogen) atoms. The number of carbonyl (C=O) groups is 2. The van der Waals surface area contributed by atoms with Crippen LogP contribution in [-0.2, 0) is 16.0 Å². The van der Waals surface area contributed by atoms with Crippen LogP contribution in [0.15, 0.2) is 108 Å². The summed E-state index contributed by atoms with van der Waals surface area (Å²) < 4.78 is 0. The summed E-state index contributed by atoms with van der Waals surface area (Å²) in [5.74, 6) is -1.69. The van der Waals surface area contributed by atoms with Gasteiger partial charge in [0.05, 0.1) is 11.3 Å². The highest BCUT2D eigenvalue weighted by Crippen LogP contribution is 2.41. The number of aryl methyl sites for hydroxylation is 2. The molecule has 0 radical (unpaired) electrons. The van der Waals surface area contributed by atoms with Crippen LogP contribution >= 0.6 is 22.7 Å². The third-order valence-electron chi connectivity index (χ3n) is 7.67. The number of carboxylic acid groups (broad SMARTS) is 1. The average Bonchev–Trinajstić information content (AvgIpc) is 3.77. The molecule has 2 aliphatic heterocycles. The van der Waals surface area contributed by atoms with Gasteiger partial charge in [-0.05, 0) is 97.6 Å². The van der Waals surface area contributed by atoms with Gasteiger partial charge < -0.3 is 10.0 Å². The fourth-order valence-corrected chi connectivity index (χ4v) is 7.56. The minimum absolute atomic E-state index is 0.0744. The van der Waals surface area contributed by atoms with Crippen LogP contribution in [0.3, 0.4) is 0 Å². The fourth-order valence-electron chi connectivity index (χ4n) is 5.52. The molecule has 0 saturated heterocycles. The molecule has 4 heterocycles. The molecular weight excluding hydrogens is 575 g/mol. The number of fused-ring (bicyclic) bond motifs is 1. The van der Waals surface area contributed by atoms with Crippen molar-refractivity contribution in [2.45, 2.75) is 19.8 Å². The molecule has 2 aliphatic rings. The molecule has 0 unspecified atom stereocenters. The van der Waals surface area contributed by atoms with E-state index in [4.69, 9.17) is 0 Å². The van der Waals surface area contributed by atoms with E-state index >= 15 is 0 Å². The van der Waals surface area contributed by atoms with Crippen molar-refractivity contribution in [3.63, 3.8) is 0 Å². The summed E-state index contributed by atoms with van der Waals surface area (Å²) in [6, 6.07) is 32.6. The Hall–Kier alpha value is -4.79. The summed E-state index contributed by atoms with van der Waals surface area (Å²) in [7, 11) is 0. The van der Waals surface area contributed by atoms with Gasteiger partial charge in [-0.3, -0.25) is 4.79 Å². The summed E-state index contributed by atoms with van der Waals surface area (Å²) in [4.78, 5) is 31.7. The van der Waals surface area contributed by atoms with E-state index in [1.807, 2.05) is 18.2 Å². The van der Waals surface area contributed by atoms with Crippen LogP contribution in [0.4, 0.5) is 17.1 Å². The molecule has 0 fully saturated rings. The first kappa shape index (κ1) is 27.1. The van der Waals surface area contributed by atoms with Crippen molar-refractivity contribution in [3.05, 3.63) is 119 Å². The number of hydrazone groups is 1. The Morgan fingerprint density at radius 3 is 2.40 bits per heavy atom. The van der Waals surface area contributed by atoms with E-state index in [-0.39, 0.29) is 11.3 Å². The third-order valence-corrected chi connectivity index (χ3v) is 10.0. The number of aliphatic carboxylic acids is 1. The lowest BCUT2D eigenvalue weighted by atomic mass is 9.98. The van der Waals surface area contributed by atoms with Crippen molar-refractivity contribution < 1.29 is 14.7 Å². The van der Waals surface area contributed by atoms with Crippen LogP contribution in [0.2, 0.25) is 0 Å². The second-order valence-corrected chi connectivity index (χ2v) is 12.8. The Kier molecular flexibility index (Phi) is 7.01. The highest BCUT2D eigenvalue weighted by atomic mass is 32.1. The molecular formula is C35H27N3O3S2. The number of carbonyl (C=O) groups excluding carboxylic acids is 1. The zero-order valence-electron chi connectivity index (χ0n) is 23.4. The summed E-state index contributed by atoms with van der Waals surface area (Å²) in [5, 5.41) is 15.0. The highest BCUT2D eigenvalue weighted by Gasteiger charge is 2.35. The second-order valence-electron chi connectivity index (χ2n) is 10.6. The Balaban J connectivity index is 1.13. The zero-order valence-corrected chi connectivity index (χ0v) is 25.0. The normalized spacial score (nSPS) is 15.6. The van der Waals surface area contributed by atoms with Crippen molar-refractivity contribution in [2.75, 3.05) is 16.5 Å². The first-order valence-corrected chi connectivity index (χ1v) is 15.7. The van der Waals surface area contributed by atoms with Gasteiger partial charge in [-0.1, -0.05) is 42.0 Å². The van der Waals surface area contributed by atoms with E-state index in [0.717, 1.165) is 39.0 Å². The largest absolute Gasteiger partial charge is 0.476 e. The van der Waals surface area contributed by atoms with Gasteiger partial charge in [-0.25, -0.2) is 4.79 Å². The van der Waals surface area contributed by atoms with Crippen LogP contribution in [0.1, 0.15) is 22.4 Å². The number of anilines is 3. The molecule has 5 aromatic rings. The van der Waals surface area contributed by atoms with Crippen molar-refractivity contribution in [1.29, 1.82) is 0 Å². The molecule has 0 aliphatic carbocycles. The van der Waals surface area contributed by atoms with Gasteiger partial charge in [0.2, 0.25) is 0 Å². The lowest BCUT2D eigenvalue weighted by Crippen LogP contribution is -2.24. The number of hydrogen-bond donors (Lipinski definition) is 1. The number of thiophene rings is 2. The number of para-hydroxylation sites is 1. The molecule has 2 aromatic heterocycles. The summed E-state index contributed by atoms with van der Waals surface area (Å²) >= 11 is 3.26. The van der Waals surface area contributed by atoms with Crippen LogP contribution in [0, 0.1) is 6.92 Å². The van der Waals surface area contributed by atoms with Gasteiger partial charge in [0, 0.05) is 37.4 Å². The monoisotopic (exact) mass is 601 g/mol. The molecule has 0 spiro atoms. The predicted molar refractivity (Wildman–Crippen MR) is 177 cm³/mol. The highest BCUT2D eigenvalue weighted by molar-refractivity contribution is 7.24. The van der Waals surface area contributed by atoms with Crippen molar-refractivity contribution in [3.8, 4) is 20.2 Å². The lowest BCUT2D eigenvalue weighted by molar-refractivity contribution is -0.129. The Morgan fingerprint density at radius 1 is 0.860 bits per heavy atom. The molecule has 0 bridgehead atoms. The SMILES string of the molecule is Cc1ccc(N2CCCc3cc(-c4ccc(-c5ccc(/C=C6\C(=O)N(c7ccccc7)N=C6C(=O)O)s5)s4)ccc32)cc1. The van der Waals surface area contributed by atoms with Gasteiger partial charge in [-0.15, -0.1) is 22.7 Å². The second kappa shape index (κ2) is 11.1. The number of hydrogen-bond acceptors (Lipinski definition) is 6. The summed E-state index contributed by atoms with van der Waals surface area (Å²) in [6.45, 7) is 3.13. The molecule has 0 saturated carbocycles. The number of rotatable bonds is 6. The van der Waals surface area contributed by atoms with Crippen molar-refractivity contribution >= 4 is 63.4 Å². The summed E-state index contributed by atoms with van der Waals surface area (Å²) in [6.07, 6.45) is 3.81. The van der Waals surface area contributed by atoms with Gasteiger partial charge in [-0.2, -0.15) is 10.1 Å². The Labute approximate surface area is 257 Å². The standard InChI is InChI=1S/C35H27N3O3S2/c1-22-9-12-25(13-10-22)37-19-5-6-23-20-24(11-15-29(23)37)30-17-18-32(43-30)31-16-14-27(42-31)21-28-33(35(40)41)36-38(34(28)39)26-7-3-2-4-8-26/h2-4,7-18,20-21H,5-6,19H2,1H3,(H,40,41)/b28-21-. The van der Waals surface area contributed by atoms with E-state index in [9.17, 15) is 14.7 Å². The summed E-state index contributed by atoms with van der Waals surface area (Å²) in [5.41, 5.74) is 6.70. The number of benzene rings is 3. The van der Waals surface area contributed by atoms with Gasteiger partial charge in [0.15, 0.2) is 5.71 Å². The Bertz CT molecular complexity index is 1920. The first-order chi connectivity index (χ1) is 20.9. The molecule has 1 amide bonds. The van der Waals surface area contributed by atoms with Crippen molar-refractivity contribution in [2.24, 2.45) is 5.10 Å². The maximum Gasteiger partial charge on any atom is 0.357 e. The lowest BCUT2D eigenvalue weighted by Gasteiger charge is -2.31. The molecule has 6 nitrogen and oxygen atoms in total. The maximum atomic E-state index is 13.2. The molecule has 1 N–H and O–H groups in total. The molecule has 7 rings (SSSR count). The predicted octanol–water partition coefficient (Wildman–Crippen LogP) is 8.41. The quantitative estimate of drug-likeness (QED) is 0.198. The van der Waals surface area contributed by atoms with E-state index in [0.29, 0.717) is 5.69 Å². The number of carboxylic acids is 1. The van der Waals surface area contributed by atoms with Gasteiger partial charge in [0.25, 0.3) is 5.91 Å². The van der Waals surface area contributed by atoms with Crippen LogP contribution in [0.5, 0.6) is 0 Å². The van der Waals surface area contributed by atoms with E-state index in [1.165, 1.54) is 44.3 Å². The Morgan fingerprint density at radius 2 is 1.60 bits per heavy atom. The van der Waals surface area contributed by atoms with Crippen molar-refractivity contribution in [1.82, 2.24) is 0 Å². The average molecular weight is 602 g/mol. The third kappa shape index (κ3) is 5.20. The minimum atomic E-state index is -1.23. The number of nitrogens with zero attached hydrogens (tertiary/aromatic N) is 3. The topological polar surface area (TPSA) is 73.2 Å². The maximum absolute atomic E-state index is 13.2. The molecule has 0 atom stereocenters. The first-order valence-electron chi connectivity index (χ1n) is 14.1. The minimum Gasteiger partial charge on any atom is -0.476 e. The zero-order chi connectivity index (χ0) is 29.5. The fraction of sp³-hybridized carbons (Fsp3) is 0.114. The van der Waals surface area contributed by atoms with E-state index in [2.05, 4.69) is 71.5 Å². The van der Waals surface area contributed by atoms with Crippen LogP contribution in [-0.4, -0.2) is 29.2 Å².